The van der Waals surface area contributed by atoms with E-state index in [0.29, 0.717) is 5.56 Å². The Hall–Kier alpha value is -2.13. The maximum Gasteiger partial charge on any atom is 0.335 e. The van der Waals surface area contributed by atoms with Crippen molar-refractivity contribution in [2.75, 3.05) is 6.54 Å². The molecule has 0 aliphatic carbocycles. The molecular weight excluding hydrogens is 262 g/mol. The summed E-state index contributed by atoms with van der Waals surface area (Å²) in [6.07, 6.45) is 1.77. The Morgan fingerprint density at radius 2 is 1.71 bits per heavy atom. The van der Waals surface area contributed by atoms with Crippen molar-refractivity contribution in [3.8, 4) is 0 Å². The van der Waals surface area contributed by atoms with Crippen molar-refractivity contribution in [3.05, 3.63) is 70.8 Å². The number of rotatable bonds is 7. The first-order chi connectivity index (χ1) is 10.2. The molecule has 0 bridgehead atoms. The van der Waals surface area contributed by atoms with Gasteiger partial charge in [-0.15, -0.1) is 0 Å². The molecule has 2 aromatic rings. The van der Waals surface area contributed by atoms with E-state index in [4.69, 9.17) is 5.11 Å². The van der Waals surface area contributed by atoms with Crippen molar-refractivity contribution in [2.24, 2.45) is 0 Å². The first kappa shape index (κ1) is 15.3. The second-order valence-corrected chi connectivity index (χ2v) is 5.06. The molecule has 0 radical (unpaired) electrons. The zero-order valence-electron chi connectivity index (χ0n) is 12.3. The average Bonchev–Trinajstić information content (AvgIpc) is 2.52. The molecule has 21 heavy (non-hydrogen) atoms. The molecule has 2 rings (SSSR count). The first-order valence-corrected chi connectivity index (χ1v) is 7.30. The second kappa shape index (κ2) is 7.60. The highest BCUT2D eigenvalue weighted by molar-refractivity contribution is 5.89. The minimum absolute atomic E-state index is 0.395. The molecule has 3 heteroatoms. The Kier molecular flexibility index (Phi) is 5.52. The summed E-state index contributed by atoms with van der Waals surface area (Å²) >= 11 is 0. The number of carboxylic acids is 1. The molecule has 0 heterocycles. The van der Waals surface area contributed by atoms with Crippen molar-refractivity contribution in [2.45, 2.75) is 26.3 Å². The quantitative estimate of drug-likeness (QED) is 0.767. The van der Waals surface area contributed by atoms with Crippen LogP contribution in [0.1, 0.15) is 34.0 Å². The van der Waals surface area contributed by atoms with Gasteiger partial charge in [-0.3, -0.25) is 0 Å². The van der Waals surface area contributed by atoms with Crippen molar-refractivity contribution in [1.82, 2.24) is 5.32 Å². The Morgan fingerprint density at radius 3 is 2.38 bits per heavy atom. The highest BCUT2D eigenvalue weighted by atomic mass is 16.4. The SMILES string of the molecule is CCc1ccc(CNCCc2ccccc2C(=O)O)cc1. The van der Waals surface area contributed by atoms with Crippen LogP contribution in [0.15, 0.2) is 48.5 Å². The van der Waals surface area contributed by atoms with Crippen molar-refractivity contribution < 1.29 is 9.90 Å². The molecular formula is C18H21NO2. The summed E-state index contributed by atoms with van der Waals surface area (Å²) < 4.78 is 0. The normalized spacial score (nSPS) is 10.5. The monoisotopic (exact) mass is 283 g/mol. The van der Waals surface area contributed by atoms with Crippen molar-refractivity contribution >= 4 is 5.97 Å². The Morgan fingerprint density at radius 1 is 1.05 bits per heavy atom. The van der Waals surface area contributed by atoms with Gasteiger partial charge in [0, 0.05) is 6.54 Å². The van der Waals surface area contributed by atoms with E-state index in [1.165, 1.54) is 11.1 Å². The van der Waals surface area contributed by atoms with Crippen LogP contribution in [0, 0.1) is 0 Å². The molecule has 0 aliphatic heterocycles. The van der Waals surface area contributed by atoms with Crippen LogP contribution < -0.4 is 5.32 Å². The average molecular weight is 283 g/mol. The number of hydrogen-bond donors (Lipinski definition) is 2. The van der Waals surface area contributed by atoms with Gasteiger partial charge in [-0.2, -0.15) is 0 Å². The number of aryl methyl sites for hydroxylation is 1. The minimum atomic E-state index is -0.860. The molecule has 0 saturated heterocycles. The topological polar surface area (TPSA) is 49.3 Å². The van der Waals surface area contributed by atoms with E-state index >= 15 is 0 Å². The fourth-order valence-corrected chi connectivity index (χ4v) is 2.30. The molecule has 0 aliphatic rings. The third-order valence-electron chi connectivity index (χ3n) is 3.58. The van der Waals surface area contributed by atoms with E-state index < -0.39 is 5.97 Å². The van der Waals surface area contributed by atoms with Crippen LogP contribution in [0.5, 0.6) is 0 Å². The van der Waals surface area contributed by atoms with Crippen LogP contribution in [-0.4, -0.2) is 17.6 Å². The number of nitrogens with one attached hydrogen (secondary N) is 1. The fourth-order valence-electron chi connectivity index (χ4n) is 2.30. The van der Waals surface area contributed by atoms with Crippen LogP contribution >= 0.6 is 0 Å². The Bertz CT molecular complexity index is 590. The Labute approximate surface area is 125 Å². The van der Waals surface area contributed by atoms with Gasteiger partial charge in [0.2, 0.25) is 0 Å². The molecule has 0 amide bonds. The molecule has 0 fully saturated rings. The van der Waals surface area contributed by atoms with Gasteiger partial charge in [0.1, 0.15) is 0 Å². The van der Waals surface area contributed by atoms with Gasteiger partial charge in [-0.1, -0.05) is 49.4 Å². The molecule has 0 unspecified atom stereocenters. The lowest BCUT2D eigenvalue weighted by Gasteiger charge is -2.08. The van der Waals surface area contributed by atoms with E-state index in [1.54, 1.807) is 12.1 Å². The molecule has 0 atom stereocenters. The van der Waals surface area contributed by atoms with Gasteiger partial charge < -0.3 is 10.4 Å². The van der Waals surface area contributed by atoms with E-state index in [-0.39, 0.29) is 0 Å². The summed E-state index contributed by atoms with van der Waals surface area (Å²) in [7, 11) is 0. The zero-order valence-corrected chi connectivity index (χ0v) is 12.3. The maximum absolute atomic E-state index is 11.1. The largest absolute Gasteiger partial charge is 0.478 e. The molecule has 0 aromatic heterocycles. The maximum atomic E-state index is 11.1. The van der Waals surface area contributed by atoms with Gasteiger partial charge in [0.25, 0.3) is 0 Å². The minimum Gasteiger partial charge on any atom is -0.478 e. The summed E-state index contributed by atoms with van der Waals surface area (Å²) in [5.74, 6) is -0.860. The number of benzene rings is 2. The van der Waals surface area contributed by atoms with E-state index in [2.05, 4.69) is 36.5 Å². The predicted molar refractivity (Wildman–Crippen MR) is 84.6 cm³/mol. The third kappa shape index (κ3) is 4.43. The van der Waals surface area contributed by atoms with Gasteiger partial charge >= 0.3 is 5.97 Å². The summed E-state index contributed by atoms with van der Waals surface area (Å²) in [6, 6.07) is 15.7. The lowest BCUT2D eigenvalue weighted by Crippen LogP contribution is -2.17. The molecule has 2 N–H and O–H groups in total. The molecule has 3 nitrogen and oxygen atoms in total. The summed E-state index contributed by atoms with van der Waals surface area (Å²) in [5, 5.41) is 12.5. The first-order valence-electron chi connectivity index (χ1n) is 7.30. The van der Waals surface area contributed by atoms with Crippen LogP contribution in [0.25, 0.3) is 0 Å². The van der Waals surface area contributed by atoms with Crippen LogP contribution in [0.4, 0.5) is 0 Å². The van der Waals surface area contributed by atoms with E-state index in [0.717, 1.165) is 31.5 Å². The van der Waals surface area contributed by atoms with Crippen LogP contribution in [0.3, 0.4) is 0 Å². The molecule has 2 aromatic carbocycles. The van der Waals surface area contributed by atoms with Gasteiger partial charge in [0.05, 0.1) is 5.56 Å². The van der Waals surface area contributed by atoms with Crippen LogP contribution in [0.2, 0.25) is 0 Å². The number of carbonyl (C=O) groups is 1. The number of aromatic carboxylic acids is 1. The van der Waals surface area contributed by atoms with Gasteiger partial charge in [0.15, 0.2) is 0 Å². The second-order valence-electron chi connectivity index (χ2n) is 5.06. The Balaban J connectivity index is 1.83. The van der Waals surface area contributed by atoms with E-state index in [1.807, 2.05) is 12.1 Å². The fraction of sp³-hybridized carbons (Fsp3) is 0.278. The van der Waals surface area contributed by atoms with Gasteiger partial charge in [-0.05, 0) is 42.1 Å². The lowest BCUT2D eigenvalue weighted by molar-refractivity contribution is 0.0695. The molecule has 0 spiro atoms. The molecule has 0 saturated carbocycles. The van der Waals surface area contributed by atoms with Crippen LogP contribution in [-0.2, 0) is 19.4 Å². The third-order valence-corrected chi connectivity index (χ3v) is 3.58. The van der Waals surface area contributed by atoms with Crippen molar-refractivity contribution in [3.63, 3.8) is 0 Å². The number of hydrogen-bond acceptors (Lipinski definition) is 2. The highest BCUT2D eigenvalue weighted by Gasteiger charge is 2.07. The molecule has 110 valence electrons. The summed E-state index contributed by atoms with van der Waals surface area (Å²) in [5.41, 5.74) is 3.86. The standard InChI is InChI=1S/C18H21NO2/c1-2-14-7-9-15(10-8-14)13-19-12-11-16-5-3-4-6-17(16)18(20)21/h3-10,19H,2,11-13H2,1H3,(H,20,21). The van der Waals surface area contributed by atoms with Gasteiger partial charge in [-0.25, -0.2) is 4.79 Å². The zero-order chi connectivity index (χ0) is 15.1. The smallest absolute Gasteiger partial charge is 0.335 e. The summed E-state index contributed by atoms with van der Waals surface area (Å²) in [6.45, 7) is 3.71. The predicted octanol–water partition coefficient (Wildman–Crippen LogP) is 3.28. The number of carboxylic acid groups (broad SMARTS) is 1. The van der Waals surface area contributed by atoms with Crippen molar-refractivity contribution in [1.29, 1.82) is 0 Å². The lowest BCUT2D eigenvalue weighted by atomic mass is 10.0. The highest BCUT2D eigenvalue weighted by Crippen LogP contribution is 2.09. The summed E-state index contributed by atoms with van der Waals surface area (Å²) in [4.78, 5) is 11.1. The van der Waals surface area contributed by atoms with E-state index in [9.17, 15) is 4.79 Å².